The van der Waals surface area contributed by atoms with E-state index in [0.717, 1.165) is 54.8 Å². The van der Waals surface area contributed by atoms with E-state index in [-0.39, 0.29) is 11.9 Å². The summed E-state index contributed by atoms with van der Waals surface area (Å²) in [6.07, 6.45) is 2.67. The zero-order valence-electron chi connectivity index (χ0n) is 18.7. The lowest BCUT2D eigenvalue weighted by Crippen LogP contribution is -2.65. The van der Waals surface area contributed by atoms with Crippen LogP contribution < -0.4 is 5.32 Å². The van der Waals surface area contributed by atoms with Gasteiger partial charge in [0.2, 0.25) is 0 Å². The summed E-state index contributed by atoms with van der Waals surface area (Å²) >= 11 is 1.50. The van der Waals surface area contributed by atoms with Gasteiger partial charge in [-0.2, -0.15) is 0 Å². The fourth-order valence-corrected chi connectivity index (χ4v) is 6.23. The summed E-state index contributed by atoms with van der Waals surface area (Å²) in [4.78, 5) is 13.9. The number of amides is 1. The van der Waals surface area contributed by atoms with E-state index in [1.807, 2.05) is 17.5 Å². The lowest BCUT2D eigenvalue weighted by Gasteiger charge is -2.52. The van der Waals surface area contributed by atoms with Gasteiger partial charge in [-0.05, 0) is 23.1 Å². The summed E-state index contributed by atoms with van der Waals surface area (Å²) in [5, 5.41) is 4.89. The number of fused-ring (bicyclic) bond motifs is 3. The largest absolute Gasteiger partial charge is 0.440 e. The minimum Gasteiger partial charge on any atom is -0.440 e. The molecule has 3 fully saturated rings. The number of nitrogens with zero attached hydrogens (tertiary/aromatic N) is 1. The Kier molecular flexibility index (Phi) is 6.47. The molecular weight excluding hydrogens is 435 g/mol. The van der Waals surface area contributed by atoms with Gasteiger partial charge in [0.05, 0.1) is 25.7 Å². The molecule has 6 rings (SSSR count). The predicted octanol–water partition coefficient (Wildman–Crippen LogP) is 5.55. The van der Waals surface area contributed by atoms with Crippen molar-refractivity contribution in [3.05, 3.63) is 93.9 Å². The molecule has 0 saturated carbocycles. The molecule has 1 N–H and O–H groups in total. The van der Waals surface area contributed by atoms with E-state index >= 15 is 0 Å². The van der Waals surface area contributed by atoms with Crippen LogP contribution in [0.15, 0.2) is 72.1 Å². The minimum atomic E-state index is -0.555. The van der Waals surface area contributed by atoms with Crippen LogP contribution in [0.4, 0.5) is 9.18 Å². The molecule has 3 aliphatic heterocycles. The standard InChI is InChI=1S/C27H29FN2O2S/c28-23-10-5-4-9-22(23)26(25-11-6-18-33-25)29-27(31)32-24-19-30(16-13-21(24)14-17-30)15-12-20-7-2-1-3-8-20/h1-11,18,21,24,26H,12-17,19H2/p+1/t21?,24-,26?,30?/m0/s1. The summed E-state index contributed by atoms with van der Waals surface area (Å²) in [6.45, 7) is 4.26. The number of hydrogen-bond donors (Lipinski definition) is 1. The second kappa shape index (κ2) is 9.65. The molecule has 172 valence electrons. The highest BCUT2D eigenvalue weighted by molar-refractivity contribution is 7.10. The number of piperidine rings is 3. The number of thiophene rings is 1. The fourth-order valence-electron chi connectivity index (χ4n) is 5.44. The molecule has 3 aliphatic rings. The third-order valence-electron chi connectivity index (χ3n) is 7.32. The summed E-state index contributed by atoms with van der Waals surface area (Å²) < 4.78 is 21.6. The number of quaternary nitrogens is 1. The van der Waals surface area contributed by atoms with Crippen LogP contribution in [-0.4, -0.2) is 42.9 Å². The molecule has 33 heavy (non-hydrogen) atoms. The highest BCUT2D eigenvalue weighted by atomic mass is 32.1. The molecule has 1 aromatic heterocycles. The van der Waals surface area contributed by atoms with E-state index in [0.29, 0.717) is 11.5 Å². The Balaban J connectivity index is 1.25. The first-order valence-electron chi connectivity index (χ1n) is 11.8. The number of benzene rings is 2. The molecule has 2 aromatic carbocycles. The number of carbonyl (C=O) groups is 1. The highest BCUT2D eigenvalue weighted by Crippen LogP contribution is 2.36. The van der Waals surface area contributed by atoms with E-state index in [4.69, 9.17) is 4.74 Å². The van der Waals surface area contributed by atoms with E-state index in [2.05, 4.69) is 35.6 Å². The average molecular weight is 466 g/mol. The summed E-state index contributed by atoms with van der Waals surface area (Å²) in [6, 6.07) is 20.5. The van der Waals surface area contributed by atoms with Gasteiger partial charge in [-0.15, -0.1) is 11.3 Å². The van der Waals surface area contributed by atoms with E-state index in [1.165, 1.54) is 23.0 Å². The maximum atomic E-state index is 14.5. The van der Waals surface area contributed by atoms with Crippen molar-refractivity contribution < 1.29 is 18.4 Å². The molecule has 2 atom stereocenters. The summed E-state index contributed by atoms with van der Waals surface area (Å²) in [7, 11) is 0. The zero-order valence-corrected chi connectivity index (χ0v) is 19.5. The minimum absolute atomic E-state index is 0.0899. The first-order valence-corrected chi connectivity index (χ1v) is 12.6. The van der Waals surface area contributed by atoms with Gasteiger partial charge in [-0.1, -0.05) is 54.6 Å². The number of nitrogens with one attached hydrogen (secondary N) is 1. The van der Waals surface area contributed by atoms with Gasteiger partial charge >= 0.3 is 6.09 Å². The molecule has 3 aromatic rings. The van der Waals surface area contributed by atoms with E-state index < -0.39 is 12.1 Å². The van der Waals surface area contributed by atoms with E-state index in [1.54, 1.807) is 18.2 Å². The third kappa shape index (κ3) is 4.97. The molecule has 1 unspecified atom stereocenters. The van der Waals surface area contributed by atoms with Crippen molar-refractivity contribution in [1.82, 2.24) is 5.32 Å². The molecule has 0 radical (unpaired) electrons. The topological polar surface area (TPSA) is 38.3 Å². The Labute approximate surface area is 198 Å². The van der Waals surface area contributed by atoms with Crippen LogP contribution in [0.25, 0.3) is 0 Å². The maximum Gasteiger partial charge on any atom is 0.408 e. The first kappa shape index (κ1) is 22.1. The molecule has 6 heteroatoms. The smallest absolute Gasteiger partial charge is 0.408 e. The van der Waals surface area contributed by atoms with Crippen molar-refractivity contribution >= 4 is 17.4 Å². The number of hydrogen-bond acceptors (Lipinski definition) is 3. The van der Waals surface area contributed by atoms with Crippen molar-refractivity contribution in [2.24, 2.45) is 5.92 Å². The van der Waals surface area contributed by atoms with Crippen LogP contribution in [-0.2, 0) is 11.2 Å². The highest BCUT2D eigenvalue weighted by Gasteiger charge is 2.47. The predicted molar refractivity (Wildman–Crippen MR) is 129 cm³/mol. The fraction of sp³-hybridized carbons (Fsp3) is 0.370. The molecule has 1 amide bonds. The zero-order chi connectivity index (χ0) is 22.7. The normalized spacial score (nSPS) is 24.9. The summed E-state index contributed by atoms with van der Waals surface area (Å²) in [5.41, 5.74) is 1.81. The monoisotopic (exact) mass is 465 g/mol. The van der Waals surface area contributed by atoms with Crippen LogP contribution in [0.3, 0.4) is 0 Å². The van der Waals surface area contributed by atoms with Crippen molar-refractivity contribution in [3.8, 4) is 0 Å². The molecule has 4 nitrogen and oxygen atoms in total. The SMILES string of the molecule is O=C(NC(c1cccs1)c1ccccc1F)O[C@H]1C[N+]2(CCc3ccccc3)CCC1CC2. The Morgan fingerprint density at radius 2 is 1.82 bits per heavy atom. The van der Waals surface area contributed by atoms with Gasteiger partial charge in [0.1, 0.15) is 12.4 Å². The molecule has 4 heterocycles. The number of rotatable bonds is 7. The molecular formula is C27H30FN2O2S+. The van der Waals surface area contributed by atoms with E-state index in [9.17, 15) is 9.18 Å². The van der Waals surface area contributed by atoms with Gasteiger partial charge in [0, 0.05) is 35.6 Å². The lowest BCUT2D eigenvalue weighted by atomic mass is 9.83. The molecule has 3 saturated heterocycles. The molecule has 0 spiro atoms. The van der Waals surface area contributed by atoms with Gasteiger partial charge in [0.25, 0.3) is 0 Å². The second-order valence-corrected chi connectivity index (χ2v) is 10.3. The number of halogens is 1. The van der Waals surface area contributed by atoms with Crippen molar-refractivity contribution in [2.45, 2.75) is 31.4 Å². The number of alkyl carbamates (subject to hydrolysis) is 1. The van der Waals surface area contributed by atoms with Gasteiger partial charge in [-0.25, -0.2) is 9.18 Å². The van der Waals surface area contributed by atoms with Crippen molar-refractivity contribution in [3.63, 3.8) is 0 Å². The lowest BCUT2D eigenvalue weighted by molar-refractivity contribution is -0.946. The van der Waals surface area contributed by atoms with Gasteiger partial charge in [0.15, 0.2) is 6.10 Å². The Hall–Kier alpha value is -2.70. The summed E-state index contributed by atoms with van der Waals surface area (Å²) in [5.74, 6) is 0.0885. The average Bonchev–Trinajstić information content (AvgIpc) is 3.38. The third-order valence-corrected chi connectivity index (χ3v) is 8.26. The van der Waals surface area contributed by atoms with Gasteiger partial charge in [-0.3, -0.25) is 0 Å². The second-order valence-electron chi connectivity index (χ2n) is 9.33. The van der Waals surface area contributed by atoms with Crippen molar-refractivity contribution in [2.75, 3.05) is 26.2 Å². The van der Waals surface area contributed by atoms with Crippen LogP contribution in [0.2, 0.25) is 0 Å². The molecule has 2 bridgehead atoms. The van der Waals surface area contributed by atoms with Crippen LogP contribution in [0.1, 0.15) is 34.9 Å². The maximum absolute atomic E-state index is 14.5. The van der Waals surface area contributed by atoms with Crippen molar-refractivity contribution in [1.29, 1.82) is 0 Å². The van der Waals surface area contributed by atoms with Gasteiger partial charge < -0.3 is 14.5 Å². The quantitative estimate of drug-likeness (QED) is 0.464. The van der Waals surface area contributed by atoms with Crippen LogP contribution >= 0.6 is 11.3 Å². The Bertz CT molecular complexity index is 1060. The number of carbonyl (C=O) groups excluding carboxylic acids is 1. The first-order chi connectivity index (χ1) is 16.1. The Morgan fingerprint density at radius 1 is 1.06 bits per heavy atom. The number of ether oxygens (including phenoxy) is 1. The Morgan fingerprint density at radius 3 is 2.55 bits per heavy atom. The van der Waals surface area contributed by atoms with Crippen LogP contribution in [0.5, 0.6) is 0 Å². The molecule has 0 aliphatic carbocycles. The van der Waals surface area contributed by atoms with Crippen LogP contribution in [0, 0.1) is 11.7 Å².